The zero-order valence-corrected chi connectivity index (χ0v) is 13.9. The van der Waals surface area contributed by atoms with Crippen LogP contribution in [0.15, 0.2) is 41.2 Å². The zero-order chi connectivity index (χ0) is 18.4. The average molecular weight is 347 g/mol. The van der Waals surface area contributed by atoms with Gasteiger partial charge in [-0.05, 0) is 48.4 Å². The molecule has 130 valence electrons. The van der Waals surface area contributed by atoms with Gasteiger partial charge in [-0.25, -0.2) is 4.98 Å². The maximum atomic E-state index is 13.1. The Morgan fingerprint density at radius 3 is 2.44 bits per heavy atom. The maximum absolute atomic E-state index is 13.1. The summed E-state index contributed by atoms with van der Waals surface area (Å²) in [4.78, 5) is 16.7. The molecule has 7 heteroatoms. The molecule has 3 aromatic rings. The lowest BCUT2D eigenvalue weighted by molar-refractivity contribution is -0.137. The molecule has 25 heavy (non-hydrogen) atoms. The lowest BCUT2D eigenvalue weighted by atomic mass is 10.00. The number of benzene rings is 2. The highest BCUT2D eigenvalue weighted by Crippen LogP contribution is 2.35. The molecule has 0 aliphatic rings. The highest BCUT2D eigenvalue weighted by atomic mass is 19.4. The minimum atomic E-state index is -4.45. The molecule has 1 N–H and O–H groups in total. The van der Waals surface area contributed by atoms with Gasteiger partial charge in [-0.2, -0.15) is 13.2 Å². The molecule has 4 nitrogen and oxygen atoms in total. The molecule has 0 bridgehead atoms. The van der Waals surface area contributed by atoms with Crippen molar-refractivity contribution in [2.24, 2.45) is 7.05 Å². The summed E-state index contributed by atoms with van der Waals surface area (Å²) in [6.07, 6.45) is -4.45. The number of hydrogen-bond donors (Lipinski definition) is 1. The molecule has 0 unspecified atom stereocenters. The van der Waals surface area contributed by atoms with E-state index in [0.29, 0.717) is 33.5 Å². The van der Waals surface area contributed by atoms with E-state index in [9.17, 15) is 18.0 Å². The first kappa shape index (κ1) is 17.0. The molecule has 0 aliphatic carbocycles. The summed E-state index contributed by atoms with van der Waals surface area (Å²) in [6.45, 7) is 1.72. The lowest BCUT2D eigenvalue weighted by Gasteiger charge is -2.13. The van der Waals surface area contributed by atoms with Crippen LogP contribution in [0, 0.1) is 6.92 Å². The number of fused-ring (bicyclic) bond motifs is 1. The van der Waals surface area contributed by atoms with Crippen LogP contribution in [0.1, 0.15) is 11.4 Å². The van der Waals surface area contributed by atoms with Crippen LogP contribution in [0.25, 0.3) is 22.0 Å². The van der Waals surface area contributed by atoms with Crippen molar-refractivity contribution in [2.45, 2.75) is 13.1 Å². The quantitative estimate of drug-likeness (QED) is 0.763. The van der Waals surface area contributed by atoms with Gasteiger partial charge < -0.3 is 5.32 Å². The van der Waals surface area contributed by atoms with Gasteiger partial charge in [0.05, 0.1) is 16.5 Å². The maximum Gasteiger partial charge on any atom is 0.416 e. The Bertz CT molecular complexity index is 1020. The summed E-state index contributed by atoms with van der Waals surface area (Å²) in [6, 6.07) is 8.64. The van der Waals surface area contributed by atoms with Gasteiger partial charge in [0.1, 0.15) is 5.82 Å². The van der Waals surface area contributed by atoms with Gasteiger partial charge in [0.2, 0.25) is 0 Å². The largest absolute Gasteiger partial charge is 0.416 e. The second-order valence-electron chi connectivity index (χ2n) is 5.80. The van der Waals surface area contributed by atoms with Crippen LogP contribution in [0.5, 0.6) is 0 Å². The number of nitrogens with zero attached hydrogens (tertiary/aromatic N) is 2. The first-order valence-electron chi connectivity index (χ1n) is 7.58. The van der Waals surface area contributed by atoms with Gasteiger partial charge in [-0.3, -0.25) is 9.36 Å². The van der Waals surface area contributed by atoms with Gasteiger partial charge in [0.25, 0.3) is 5.56 Å². The van der Waals surface area contributed by atoms with E-state index in [-0.39, 0.29) is 5.56 Å². The van der Waals surface area contributed by atoms with Crippen LogP contribution in [0.4, 0.5) is 18.9 Å². The lowest BCUT2D eigenvalue weighted by Crippen LogP contribution is -2.20. The van der Waals surface area contributed by atoms with Gasteiger partial charge in [-0.15, -0.1) is 0 Å². The number of anilines is 1. The predicted molar refractivity (Wildman–Crippen MR) is 91.7 cm³/mol. The predicted octanol–water partition coefficient (Wildman–Crippen LogP) is 3.97. The Morgan fingerprint density at radius 2 is 1.80 bits per heavy atom. The van der Waals surface area contributed by atoms with Gasteiger partial charge >= 0.3 is 6.18 Å². The molecule has 0 spiro atoms. The molecule has 0 amide bonds. The first-order chi connectivity index (χ1) is 11.7. The van der Waals surface area contributed by atoms with Crippen molar-refractivity contribution < 1.29 is 13.2 Å². The number of aryl methyl sites for hydroxylation is 1. The third-order valence-corrected chi connectivity index (χ3v) is 4.18. The topological polar surface area (TPSA) is 46.9 Å². The molecule has 1 aromatic heterocycles. The Labute approximate surface area is 141 Å². The number of rotatable bonds is 2. The molecule has 0 radical (unpaired) electrons. The summed E-state index contributed by atoms with van der Waals surface area (Å²) in [5.41, 5.74) is 0.793. The van der Waals surface area contributed by atoms with Gasteiger partial charge in [0.15, 0.2) is 0 Å². The van der Waals surface area contributed by atoms with Crippen molar-refractivity contribution >= 4 is 16.6 Å². The van der Waals surface area contributed by atoms with Crippen LogP contribution in [0.2, 0.25) is 0 Å². The van der Waals surface area contributed by atoms with E-state index in [4.69, 9.17) is 0 Å². The summed E-state index contributed by atoms with van der Waals surface area (Å²) >= 11 is 0. The number of hydrogen-bond acceptors (Lipinski definition) is 3. The van der Waals surface area contributed by atoms with E-state index in [1.165, 1.54) is 4.57 Å². The van der Waals surface area contributed by atoms with E-state index in [0.717, 1.165) is 12.1 Å². The Morgan fingerprint density at radius 1 is 1.08 bits per heavy atom. The number of halogens is 3. The third kappa shape index (κ3) is 3.09. The summed E-state index contributed by atoms with van der Waals surface area (Å²) in [5, 5.41) is 3.11. The van der Waals surface area contributed by atoms with Crippen LogP contribution in [-0.2, 0) is 13.2 Å². The Kier molecular flexibility index (Phi) is 4.02. The fourth-order valence-corrected chi connectivity index (χ4v) is 2.66. The fraction of sp³-hybridized carbons (Fsp3) is 0.222. The van der Waals surface area contributed by atoms with E-state index in [2.05, 4.69) is 10.3 Å². The average Bonchev–Trinajstić information content (AvgIpc) is 2.58. The SMILES string of the molecule is CNc1cc(-c2ccc3nc(C)n(C)c(=O)c3c2)cc(C(F)(F)F)c1. The Balaban J connectivity index is 2.24. The molecule has 0 aliphatic heterocycles. The van der Waals surface area contributed by atoms with Gasteiger partial charge in [-0.1, -0.05) is 6.07 Å². The van der Waals surface area contributed by atoms with E-state index < -0.39 is 11.7 Å². The molecular formula is C18H16F3N3O. The van der Waals surface area contributed by atoms with E-state index in [1.54, 1.807) is 45.3 Å². The standard InChI is InChI=1S/C18H16F3N3O/c1-10-23-16-5-4-11(8-15(16)17(25)24(10)3)12-6-13(18(19,20)21)9-14(7-12)22-2/h4-9,22H,1-3H3. The van der Waals surface area contributed by atoms with Crippen LogP contribution < -0.4 is 10.9 Å². The Hall–Kier alpha value is -2.83. The highest BCUT2D eigenvalue weighted by Gasteiger charge is 2.31. The molecule has 3 rings (SSSR count). The number of aromatic nitrogens is 2. The van der Waals surface area contributed by atoms with Crippen molar-refractivity contribution in [2.75, 3.05) is 12.4 Å². The molecule has 1 heterocycles. The zero-order valence-electron chi connectivity index (χ0n) is 13.9. The number of alkyl halides is 3. The van der Waals surface area contributed by atoms with Crippen molar-refractivity contribution in [3.05, 3.63) is 58.1 Å². The fourth-order valence-electron chi connectivity index (χ4n) is 2.66. The molecule has 0 fully saturated rings. The second-order valence-corrected chi connectivity index (χ2v) is 5.80. The normalized spacial score (nSPS) is 11.8. The highest BCUT2D eigenvalue weighted by molar-refractivity contribution is 5.84. The van der Waals surface area contributed by atoms with Crippen molar-refractivity contribution in [1.82, 2.24) is 9.55 Å². The van der Waals surface area contributed by atoms with Gasteiger partial charge in [0, 0.05) is 19.8 Å². The second kappa shape index (κ2) is 5.91. The monoisotopic (exact) mass is 347 g/mol. The molecule has 2 aromatic carbocycles. The van der Waals surface area contributed by atoms with E-state index in [1.807, 2.05) is 0 Å². The van der Waals surface area contributed by atoms with Crippen molar-refractivity contribution in [3.63, 3.8) is 0 Å². The van der Waals surface area contributed by atoms with E-state index >= 15 is 0 Å². The molecule has 0 saturated carbocycles. The molecule has 0 saturated heterocycles. The van der Waals surface area contributed by atoms with Crippen molar-refractivity contribution in [1.29, 1.82) is 0 Å². The first-order valence-corrected chi connectivity index (χ1v) is 7.58. The van der Waals surface area contributed by atoms with Crippen molar-refractivity contribution in [3.8, 4) is 11.1 Å². The molecule has 0 atom stereocenters. The summed E-state index contributed by atoms with van der Waals surface area (Å²) < 4.78 is 40.8. The summed E-state index contributed by atoms with van der Waals surface area (Å²) in [5.74, 6) is 0.571. The minimum absolute atomic E-state index is 0.231. The smallest absolute Gasteiger partial charge is 0.388 e. The summed E-state index contributed by atoms with van der Waals surface area (Å²) in [7, 11) is 3.17. The third-order valence-electron chi connectivity index (χ3n) is 4.18. The van der Waals surface area contributed by atoms with Crippen LogP contribution in [-0.4, -0.2) is 16.6 Å². The molecular weight excluding hydrogens is 331 g/mol. The minimum Gasteiger partial charge on any atom is -0.388 e. The number of nitrogens with one attached hydrogen (secondary N) is 1. The van der Waals surface area contributed by atoms with Crippen LogP contribution in [0.3, 0.4) is 0 Å². The van der Waals surface area contributed by atoms with Crippen LogP contribution >= 0.6 is 0 Å².